The summed E-state index contributed by atoms with van der Waals surface area (Å²) in [6, 6.07) is 14.8. The van der Waals surface area contributed by atoms with Crippen molar-refractivity contribution in [2.45, 2.75) is 52.5 Å². The van der Waals surface area contributed by atoms with Crippen molar-refractivity contribution in [1.29, 1.82) is 0 Å². The third-order valence-electron chi connectivity index (χ3n) is 6.63. The van der Waals surface area contributed by atoms with Gasteiger partial charge in [-0.05, 0) is 51.1 Å². The summed E-state index contributed by atoms with van der Waals surface area (Å²) in [5, 5.41) is 14.2. The second kappa shape index (κ2) is 10.2. The molecule has 5 rings (SSSR count). The van der Waals surface area contributed by atoms with E-state index >= 15 is 4.39 Å². The molecule has 0 spiro atoms. The average molecular weight is 512 g/mol. The lowest BCUT2D eigenvalue weighted by Gasteiger charge is -2.23. The van der Waals surface area contributed by atoms with Crippen molar-refractivity contribution in [3.63, 3.8) is 0 Å². The molecule has 0 amide bonds. The fourth-order valence-corrected chi connectivity index (χ4v) is 4.75. The number of nitrogens with zero attached hydrogens (tertiary/aromatic N) is 6. The summed E-state index contributed by atoms with van der Waals surface area (Å²) in [6.45, 7) is 8.52. The van der Waals surface area contributed by atoms with Gasteiger partial charge in [0.25, 0.3) is 0 Å². The predicted octanol–water partition coefficient (Wildman–Crippen LogP) is 5.32. The molecule has 8 nitrogen and oxygen atoms in total. The number of aryl methyl sites for hydroxylation is 1. The van der Waals surface area contributed by atoms with Gasteiger partial charge in [0.1, 0.15) is 5.82 Å². The molecule has 1 N–H and O–H groups in total. The van der Waals surface area contributed by atoms with Crippen LogP contribution in [-0.2, 0) is 18.4 Å². The molecule has 0 bridgehead atoms. The minimum absolute atomic E-state index is 0.250. The number of tetrazole rings is 1. The summed E-state index contributed by atoms with van der Waals surface area (Å²) < 4.78 is 18.4. The molecule has 2 aromatic carbocycles. The molecule has 194 valence electrons. The van der Waals surface area contributed by atoms with E-state index in [0.29, 0.717) is 24.5 Å². The van der Waals surface area contributed by atoms with Gasteiger partial charge in [-0.25, -0.2) is 14.3 Å². The Morgan fingerprint density at radius 3 is 2.50 bits per heavy atom. The topological polar surface area (TPSA) is 94.3 Å². The quantitative estimate of drug-likeness (QED) is 0.319. The largest absolute Gasteiger partial charge is 0.333 e. The molecule has 0 radical (unpaired) electrons. The van der Waals surface area contributed by atoms with Gasteiger partial charge in [0.2, 0.25) is 0 Å². The number of aromatic nitrogens is 7. The van der Waals surface area contributed by atoms with Crippen LogP contribution in [0.15, 0.2) is 71.9 Å². The first-order chi connectivity index (χ1) is 18.3. The summed E-state index contributed by atoms with van der Waals surface area (Å²) in [6.07, 6.45) is 6.85. The van der Waals surface area contributed by atoms with Crippen LogP contribution in [0, 0.1) is 5.82 Å². The molecular weight excluding hydrogens is 481 g/mol. The molecule has 9 heteroatoms. The Morgan fingerprint density at radius 2 is 1.82 bits per heavy atom. The standard InChI is InChI=1S/C29H30FN7O/c1-5-7-21-18-37(26-24(29(2,3)4)8-6-9-25(26)30)28(38)36(21)17-19-10-12-20(13-11-19)23-16-31-15-14-22(23)27-32-34-35-33-27/h6,8-16,18H,5,7,17H2,1-4H3,(H,32,33,34,35). The molecule has 0 atom stereocenters. The van der Waals surface area contributed by atoms with Crippen molar-refractivity contribution < 1.29 is 4.39 Å². The highest BCUT2D eigenvalue weighted by molar-refractivity contribution is 5.79. The Labute approximate surface area is 220 Å². The van der Waals surface area contributed by atoms with E-state index in [9.17, 15) is 4.79 Å². The number of H-pyrrole nitrogens is 1. The highest BCUT2D eigenvalue weighted by Gasteiger charge is 2.24. The van der Waals surface area contributed by atoms with Gasteiger partial charge in [0.05, 0.1) is 12.2 Å². The highest BCUT2D eigenvalue weighted by Crippen LogP contribution is 2.31. The molecule has 0 unspecified atom stereocenters. The second-order valence-corrected chi connectivity index (χ2v) is 10.4. The van der Waals surface area contributed by atoms with Crippen LogP contribution < -0.4 is 5.69 Å². The Morgan fingerprint density at radius 1 is 1.03 bits per heavy atom. The number of para-hydroxylation sites is 1. The fourth-order valence-electron chi connectivity index (χ4n) is 4.75. The molecule has 0 fully saturated rings. The minimum Gasteiger partial charge on any atom is -0.292 e. The zero-order valence-corrected chi connectivity index (χ0v) is 21.9. The zero-order chi connectivity index (χ0) is 26.9. The molecule has 5 aromatic rings. The normalized spacial score (nSPS) is 11.7. The molecule has 3 heterocycles. The first-order valence-electron chi connectivity index (χ1n) is 12.7. The molecule has 0 aliphatic heterocycles. The molecule has 0 aliphatic carbocycles. The van der Waals surface area contributed by atoms with Crippen molar-refractivity contribution in [3.05, 3.63) is 100 Å². The maximum atomic E-state index is 15.2. The number of hydrogen-bond donors (Lipinski definition) is 1. The lowest BCUT2D eigenvalue weighted by molar-refractivity contribution is 0.560. The van der Waals surface area contributed by atoms with Crippen molar-refractivity contribution in [1.82, 2.24) is 34.7 Å². The molecular formula is C29H30FN7O. The third kappa shape index (κ3) is 4.79. The molecule has 0 saturated carbocycles. The van der Waals surface area contributed by atoms with Gasteiger partial charge in [0.15, 0.2) is 5.82 Å². The van der Waals surface area contributed by atoms with Gasteiger partial charge in [-0.15, -0.1) is 5.10 Å². The number of halogens is 1. The van der Waals surface area contributed by atoms with Gasteiger partial charge in [0, 0.05) is 35.4 Å². The number of rotatable bonds is 7. The van der Waals surface area contributed by atoms with Crippen LogP contribution in [-0.4, -0.2) is 34.7 Å². The van der Waals surface area contributed by atoms with Gasteiger partial charge in [-0.2, -0.15) is 0 Å². The molecule has 0 saturated heterocycles. The minimum atomic E-state index is -0.404. The van der Waals surface area contributed by atoms with Crippen molar-refractivity contribution in [2.75, 3.05) is 0 Å². The van der Waals surface area contributed by atoms with Gasteiger partial charge >= 0.3 is 5.69 Å². The molecule has 3 aromatic heterocycles. The smallest absolute Gasteiger partial charge is 0.292 e. The van der Waals surface area contributed by atoms with E-state index in [1.807, 2.05) is 57.2 Å². The summed E-state index contributed by atoms with van der Waals surface area (Å²) in [5.41, 5.74) is 5.05. The Kier molecular flexibility index (Phi) is 6.75. The Hall–Kier alpha value is -4.40. The number of imidazole rings is 1. The van der Waals surface area contributed by atoms with E-state index in [0.717, 1.165) is 39.9 Å². The second-order valence-electron chi connectivity index (χ2n) is 10.4. The van der Waals surface area contributed by atoms with Crippen molar-refractivity contribution >= 4 is 0 Å². The van der Waals surface area contributed by atoms with Crippen LogP contribution in [0.5, 0.6) is 0 Å². The van der Waals surface area contributed by atoms with Crippen molar-refractivity contribution in [3.8, 4) is 28.2 Å². The Balaban J connectivity index is 1.52. The van der Waals surface area contributed by atoms with Crippen LogP contribution in [0.1, 0.15) is 50.9 Å². The first kappa shape index (κ1) is 25.3. The number of nitrogens with one attached hydrogen (secondary N) is 1. The summed E-state index contributed by atoms with van der Waals surface area (Å²) >= 11 is 0. The summed E-state index contributed by atoms with van der Waals surface area (Å²) in [4.78, 5) is 18.0. The van der Waals surface area contributed by atoms with E-state index in [2.05, 4.69) is 32.5 Å². The maximum absolute atomic E-state index is 15.2. The van der Waals surface area contributed by atoms with Crippen molar-refractivity contribution in [2.24, 2.45) is 0 Å². The van der Waals surface area contributed by atoms with Crippen LogP contribution in [0.25, 0.3) is 28.2 Å². The first-order valence-corrected chi connectivity index (χ1v) is 12.7. The predicted molar refractivity (Wildman–Crippen MR) is 145 cm³/mol. The number of aromatic amines is 1. The molecule has 38 heavy (non-hydrogen) atoms. The monoisotopic (exact) mass is 511 g/mol. The van der Waals surface area contributed by atoms with Crippen LogP contribution in [0.3, 0.4) is 0 Å². The van der Waals surface area contributed by atoms with E-state index in [1.165, 1.54) is 10.6 Å². The third-order valence-corrected chi connectivity index (χ3v) is 6.63. The zero-order valence-electron chi connectivity index (χ0n) is 21.9. The number of hydrogen-bond acceptors (Lipinski definition) is 5. The lowest BCUT2D eigenvalue weighted by Crippen LogP contribution is -2.27. The fraction of sp³-hybridized carbons (Fsp3) is 0.276. The lowest BCUT2D eigenvalue weighted by atomic mass is 9.85. The maximum Gasteiger partial charge on any atom is 0.333 e. The van der Waals surface area contributed by atoms with Crippen LogP contribution in [0.2, 0.25) is 0 Å². The number of benzene rings is 2. The number of pyridine rings is 1. The van der Waals surface area contributed by atoms with E-state index < -0.39 is 5.82 Å². The van der Waals surface area contributed by atoms with Gasteiger partial charge in [-0.1, -0.05) is 70.5 Å². The van der Waals surface area contributed by atoms with E-state index in [1.54, 1.807) is 29.2 Å². The van der Waals surface area contributed by atoms with E-state index in [4.69, 9.17) is 0 Å². The summed E-state index contributed by atoms with van der Waals surface area (Å²) in [7, 11) is 0. The average Bonchev–Trinajstić information content (AvgIpc) is 3.54. The Bertz CT molecular complexity index is 1610. The summed E-state index contributed by atoms with van der Waals surface area (Å²) in [5.74, 6) is 0.157. The van der Waals surface area contributed by atoms with Gasteiger partial charge in [-0.3, -0.25) is 14.1 Å². The van der Waals surface area contributed by atoms with Crippen LogP contribution >= 0.6 is 0 Å². The highest BCUT2D eigenvalue weighted by atomic mass is 19.1. The van der Waals surface area contributed by atoms with Crippen LogP contribution in [0.4, 0.5) is 4.39 Å². The SMILES string of the molecule is CCCc1cn(-c2c(F)cccc2C(C)(C)C)c(=O)n1Cc1ccc(-c2cnccc2-c2nnn[nH]2)cc1. The van der Waals surface area contributed by atoms with Gasteiger partial charge < -0.3 is 0 Å². The van der Waals surface area contributed by atoms with E-state index in [-0.39, 0.29) is 11.1 Å². The molecule has 0 aliphatic rings.